The number of amides is 1. The normalized spacial score (nSPS) is 12.9. The number of hydrogen-bond donors (Lipinski definition) is 1. The molecule has 0 aliphatic carbocycles. The Labute approximate surface area is 172 Å². The Kier molecular flexibility index (Phi) is 4.64. The maximum Gasteiger partial charge on any atom is 0.416 e. The van der Waals surface area contributed by atoms with E-state index >= 15 is 0 Å². The Morgan fingerprint density at radius 3 is 2.55 bits per heavy atom. The van der Waals surface area contributed by atoms with E-state index < -0.39 is 29.2 Å². The fraction of sp³-hybridized carbons (Fsp3) is 0.211. The number of carbonyl (C=O) groups excluding carboxylic acids is 1. The SMILES string of the molecule is CN(C)c1nn(C(C(N)=O)c2ccc3nncn3c2)c(=O)c2ccc(C(F)(F)F)cc12. The van der Waals surface area contributed by atoms with E-state index in [1.807, 2.05) is 0 Å². The molecule has 160 valence electrons. The number of fused-ring (bicyclic) bond motifs is 2. The van der Waals surface area contributed by atoms with Crippen molar-refractivity contribution in [3.05, 3.63) is 64.3 Å². The molecule has 0 saturated heterocycles. The lowest BCUT2D eigenvalue weighted by Gasteiger charge is -2.21. The summed E-state index contributed by atoms with van der Waals surface area (Å²) in [5.41, 5.74) is 4.79. The zero-order valence-electron chi connectivity index (χ0n) is 16.3. The molecule has 0 bridgehead atoms. The molecule has 1 amide bonds. The lowest BCUT2D eigenvalue weighted by atomic mass is 10.1. The minimum atomic E-state index is -4.59. The Balaban J connectivity index is 2.00. The standard InChI is InChI=1S/C19H16F3N7O2/c1-27(2)17-13-7-11(19(20,21)22)4-5-12(13)18(31)29(26-17)15(16(23)30)10-3-6-14-25-24-9-28(14)8-10/h3-9,15H,1-2H3,(H2,23,30). The minimum Gasteiger partial charge on any atom is -0.368 e. The van der Waals surface area contributed by atoms with Crippen molar-refractivity contribution in [2.45, 2.75) is 12.2 Å². The summed E-state index contributed by atoms with van der Waals surface area (Å²) in [6.07, 6.45) is -1.64. The first-order chi connectivity index (χ1) is 14.6. The molecule has 2 N–H and O–H groups in total. The third kappa shape index (κ3) is 3.45. The van der Waals surface area contributed by atoms with E-state index in [0.29, 0.717) is 11.2 Å². The zero-order valence-corrected chi connectivity index (χ0v) is 16.3. The van der Waals surface area contributed by atoms with Gasteiger partial charge in [0.15, 0.2) is 17.5 Å². The number of nitrogens with zero attached hydrogens (tertiary/aromatic N) is 6. The van der Waals surface area contributed by atoms with Crippen molar-refractivity contribution in [1.29, 1.82) is 0 Å². The number of nitrogens with two attached hydrogens (primary N) is 1. The van der Waals surface area contributed by atoms with Gasteiger partial charge in [0.1, 0.15) is 6.33 Å². The van der Waals surface area contributed by atoms with Crippen molar-refractivity contribution < 1.29 is 18.0 Å². The van der Waals surface area contributed by atoms with Gasteiger partial charge in [0, 0.05) is 31.2 Å². The van der Waals surface area contributed by atoms with Gasteiger partial charge in [-0.2, -0.15) is 18.3 Å². The van der Waals surface area contributed by atoms with Gasteiger partial charge in [-0.25, -0.2) is 4.68 Å². The van der Waals surface area contributed by atoms with Gasteiger partial charge in [0.2, 0.25) is 5.91 Å². The molecule has 12 heteroatoms. The van der Waals surface area contributed by atoms with Crippen LogP contribution in [0.15, 0.2) is 47.7 Å². The summed E-state index contributed by atoms with van der Waals surface area (Å²) in [6, 6.07) is 4.60. The number of carbonyl (C=O) groups is 1. The highest BCUT2D eigenvalue weighted by Gasteiger charge is 2.32. The average molecular weight is 431 g/mol. The van der Waals surface area contributed by atoms with Crippen LogP contribution in [-0.4, -0.2) is 44.4 Å². The van der Waals surface area contributed by atoms with Gasteiger partial charge in [-0.15, -0.1) is 10.2 Å². The van der Waals surface area contributed by atoms with Crippen LogP contribution in [0.2, 0.25) is 0 Å². The molecule has 0 spiro atoms. The molecule has 1 unspecified atom stereocenters. The number of halogens is 3. The number of anilines is 1. The summed E-state index contributed by atoms with van der Waals surface area (Å²) in [4.78, 5) is 27.0. The Morgan fingerprint density at radius 1 is 1.16 bits per heavy atom. The first kappa shape index (κ1) is 20.3. The Morgan fingerprint density at radius 2 is 1.90 bits per heavy atom. The third-order valence-corrected chi connectivity index (χ3v) is 4.80. The lowest BCUT2D eigenvalue weighted by Crippen LogP contribution is -2.37. The van der Waals surface area contributed by atoms with Crippen molar-refractivity contribution in [2.24, 2.45) is 5.73 Å². The first-order valence-corrected chi connectivity index (χ1v) is 8.97. The maximum absolute atomic E-state index is 13.2. The van der Waals surface area contributed by atoms with Crippen LogP contribution in [0, 0.1) is 0 Å². The van der Waals surface area contributed by atoms with E-state index in [1.165, 1.54) is 17.4 Å². The number of benzene rings is 1. The zero-order chi connectivity index (χ0) is 22.5. The molecular formula is C19H16F3N7O2. The van der Waals surface area contributed by atoms with Crippen molar-refractivity contribution >= 4 is 28.1 Å². The van der Waals surface area contributed by atoms with E-state index in [-0.39, 0.29) is 16.6 Å². The van der Waals surface area contributed by atoms with Gasteiger partial charge in [0.25, 0.3) is 5.56 Å². The second kappa shape index (κ2) is 7.07. The number of hydrogen-bond acceptors (Lipinski definition) is 6. The highest BCUT2D eigenvalue weighted by molar-refractivity contribution is 5.92. The van der Waals surface area contributed by atoms with Crippen LogP contribution < -0.4 is 16.2 Å². The number of pyridine rings is 1. The predicted molar refractivity (Wildman–Crippen MR) is 106 cm³/mol. The van der Waals surface area contributed by atoms with Gasteiger partial charge in [-0.3, -0.25) is 14.0 Å². The molecule has 3 heterocycles. The predicted octanol–water partition coefficient (Wildman–Crippen LogP) is 1.60. The summed E-state index contributed by atoms with van der Waals surface area (Å²) >= 11 is 0. The number of rotatable bonds is 4. The first-order valence-electron chi connectivity index (χ1n) is 8.97. The van der Waals surface area contributed by atoms with Crippen LogP contribution in [-0.2, 0) is 11.0 Å². The summed E-state index contributed by atoms with van der Waals surface area (Å²) in [5.74, 6) is -0.782. The van der Waals surface area contributed by atoms with Crippen molar-refractivity contribution in [3.8, 4) is 0 Å². The monoisotopic (exact) mass is 431 g/mol. The minimum absolute atomic E-state index is 0.0126. The highest BCUT2D eigenvalue weighted by atomic mass is 19.4. The summed E-state index contributed by atoms with van der Waals surface area (Å²) in [5, 5.41) is 11.8. The second-order valence-electron chi connectivity index (χ2n) is 7.09. The van der Waals surface area contributed by atoms with Gasteiger partial charge in [0.05, 0.1) is 10.9 Å². The van der Waals surface area contributed by atoms with Gasteiger partial charge in [-0.05, 0) is 24.3 Å². The largest absolute Gasteiger partial charge is 0.416 e. The van der Waals surface area contributed by atoms with Crippen LogP contribution >= 0.6 is 0 Å². The van der Waals surface area contributed by atoms with Gasteiger partial charge >= 0.3 is 6.18 Å². The molecule has 1 aromatic carbocycles. The molecule has 0 aliphatic heterocycles. The molecule has 31 heavy (non-hydrogen) atoms. The number of aromatic nitrogens is 5. The molecular weight excluding hydrogens is 415 g/mol. The fourth-order valence-electron chi connectivity index (χ4n) is 3.35. The maximum atomic E-state index is 13.2. The molecule has 4 rings (SSSR count). The second-order valence-corrected chi connectivity index (χ2v) is 7.09. The van der Waals surface area contributed by atoms with E-state index in [1.54, 1.807) is 30.6 Å². The van der Waals surface area contributed by atoms with Gasteiger partial charge in [-0.1, -0.05) is 6.07 Å². The number of alkyl halides is 3. The quantitative estimate of drug-likeness (QED) is 0.525. The Hall–Kier alpha value is -3.96. The summed E-state index contributed by atoms with van der Waals surface area (Å²) in [7, 11) is 3.14. The third-order valence-electron chi connectivity index (χ3n) is 4.80. The topological polar surface area (TPSA) is 111 Å². The van der Waals surface area contributed by atoms with Crippen molar-refractivity contribution in [1.82, 2.24) is 24.4 Å². The molecule has 0 fully saturated rings. The van der Waals surface area contributed by atoms with Crippen LogP contribution in [0.4, 0.5) is 19.0 Å². The van der Waals surface area contributed by atoms with Crippen LogP contribution in [0.25, 0.3) is 16.4 Å². The average Bonchev–Trinajstić information content (AvgIpc) is 3.16. The molecule has 0 radical (unpaired) electrons. The molecule has 1 atom stereocenters. The van der Waals surface area contributed by atoms with Crippen molar-refractivity contribution in [2.75, 3.05) is 19.0 Å². The molecule has 9 nitrogen and oxygen atoms in total. The molecule has 3 aromatic heterocycles. The van der Waals surface area contributed by atoms with Gasteiger partial charge < -0.3 is 10.6 Å². The van der Waals surface area contributed by atoms with Crippen LogP contribution in [0.3, 0.4) is 0 Å². The van der Waals surface area contributed by atoms with E-state index in [4.69, 9.17) is 5.73 Å². The lowest BCUT2D eigenvalue weighted by molar-refractivity contribution is -0.137. The van der Waals surface area contributed by atoms with E-state index in [9.17, 15) is 22.8 Å². The van der Waals surface area contributed by atoms with Crippen molar-refractivity contribution in [3.63, 3.8) is 0 Å². The molecule has 4 aromatic rings. The smallest absolute Gasteiger partial charge is 0.368 e. The molecule has 0 aliphatic rings. The van der Waals surface area contributed by atoms with E-state index in [2.05, 4.69) is 15.3 Å². The van der Waals surface area contributed by atoms with Crippen LogP contribution in [0.1, 0.15) is 17.2 Å². The van der Waals surface area contributed by atoms with E-state index in [0.717, 1.165) is 22.9 Å². The van der Waals surface area contributed by atoms with Crippen LogP contribution in [0.5, 0.6) is 0 Å². The summed E-state index contributed by atoms with van der Waals surface area (Å²) in [6.45, 7) is 0. The number of primary amides is 1. The summed E-state index contributed by atoms with van der Waals surface area (Å²) < 4.78 is 42.0. The Bertz CT molecular complexity index is 1370. The fourth-order valence-corrected chi connectivity index (χ4v) is 3.35. The highest BCUT2D eigenvalue weighted by Crippen LogP contribution is 2.33. The molecule has 0 saturated carbocycles.